The lowest BCUT2D eigenvalue weighted by Crippen LogP contribution is -2.48. The molecule has 0 saturated carbocycles. The van der Waals surface area contributed by atoms with E-state index in [-0.39, 0.29) is 5.91 Å². The van der Waals surface area contributed by atoms with Gasteiger partial charge in [0, 0.05) is 19.3 Å². The van der Waals surface area contributed by atoms with E-state index in [0.29, 0.717) is 16.5 Å². The van der Waals surface area contributed by atoms with Crippen molar-refractivity contribution in [1.82, 2.24) is 9.88 Å². The van der Waals surface area contributed by atoms with Crippen molar-refractivity contribution in [3.05, 3.63) is 28.5 Å². The second-order valence-corrected chi connectivity index (χ2v) is 4.54. The Kier molecular flexibility index (Phi) is 2.65. The van der Waals surface area contributed by atoms with Gasteiger partial charge in [0.25, 0.3) is 5.91 Å². The summed E-state index contributed by atoms with van der Waals surface area (Å²) in [5, 5.41) is 0.512. The van der Waals surface area contributed by atoms with Crippen LogP contribution in [0.1, 0.15) is 23.0 Å². The Labute approximate surface area is 94.1 Å². The molecule has 0 radical (unpaired) electrons. The quantitative estimate of drug-likeness (QED) is 0.732. The van der Waals surface area contributed by atoms with Crippen LogP contribution in [0.5, 0.6) is 0 Å². The standard InChI is InChI=1S/C11H13ClN2O/c1-7-5-14(6-7)11(15)10-3-9(12)4-13-8(10)2/h3-4,7H,5-6H2,1-2H3. The molecule has 0 aromatic carbocycles. The SMILES string of the molecule is Cc1ncc(Cl)cc1C(=O)N1CC(C)C1. The first-order valence-corrected chi connectivity index (χ1v) is 5.37. The highest BCUT2D eigenvalue weighted by atomic mass is 35.5. The molecule has 15 heavy (non-hydrogen) atoms. The van der Waals surface area contributed by atoms with E-state index in [9.17, 15) is 4.79 Å². The molecular weight excluding hydrogens is 212 g/mol. The first-order chi connectivity index (χ1) is 7.08. The van der Waals surface area contributed by atoms with E-state index in [0.717, 1.165) is 18.8 Å². The van der Waals surface area contributed by atoms with Gasteiger partial charge < -0.3 is 4.90 Å². The van der Waals surface area contributed by atoms with Crippen LogP contribution in [0, 0.1) is 12.8 Å². The molecule has 0 bridgehead atoms. The fourth-order valence-corrected chi connectivity index (χ4v) is 1.92. The average Bonchev–Trinajstić information content (AvgIpc) is 2.16. The second kappa shape index (κ2) is 3.81. The number of hydrogen-bond donors (Lipinski definition) is 0. The third kappa shape index (κ3) is 1.97. The van der Waals surface area contributed by atoms with Crippen molar-refractivity contribution in [3.8, 4) is 0 Å². The highest BCUT2D eigenvalue weighted by molar-refractivity contribution is 6.30. The van der Waals surface area contributed by atoms with E-state index in [1.807, 2.05) is 11.8 Å². The van der Waals surface area contributed by atoms with Crippen molar-refractivity contribution in [1.29, 1.82) is 0 Å². The van der Waals surface area contributed by atoms with Crippen molar-refractivity contribution >= 4 is 17.5 Å². The molecule has 80 valence electrons. The summed E-state index contributed by atoms with van der Waals surface area (Å²) in [6, 6.07) is 1.69. The number of nitrogens with zero attached hydrogens (tertiary/aromatic N) is 2. The monoisotopic (exact) mass is 224 g/mol. The van der Waals surface area contributed by atoms with E-state index >= 15 is 0 Å². The van der Waals surface area contributed by atoms with Crippen LogP contribution in [0.15, 0.2) is 12.3 Å². The van der Waals surface area contributed by atoms with E-state index in [4.69, 9.17) is 11.6 Å². The first kappa shape index (κ1) is 10.4. The number of amides is 1. The summed E-state index contributed by atoms with van der Waals surface area (Å²) in [6.45, 7) is 5.63. The summed E-state index contributed by atoms with van der Waals surface area (Å²) < 4.78 is 0. The van der Waals surface area contributed by atoms with Gasteiger partial charge >= 0.3 is 0 Å². The Hall–Kier alpha value is -1.09. The fourth-order valence-electron chi connectivity index (χ4n) is 1.76. The topological polar surface area (TPSA) is 33.2 Å². The summed E-state index contributed by atoms with van der Waals surface area (Å²) in [7, 11) is 0. The van der Waals surface area contributed by atoms with Gasteiger partial charge in [-0.05, 0) is 18.9 Å². The third-order valence-electron chi connectivity index (χ3n) is 2.64. The predicted molar refractivity (Wildman–Crippen MR) is 59.1 cm³/mol. The van der Waals surface area contributed by atoms with Gasteiger partial charge in [0.15, 0.2) is 0 Å². The summed E-state index contributed by atoms with van der Waals surface area (Å²) in [6.07, 6.45) is 1.56. The van der Waals surface area contributed by atoms with Crippen LogP contribution in [0.2, 0.25) is 5.02 Å². The van der Waals surface area contributed by atoms with Crippen molar-refractivity contribution in [3.63, 3.8) is 0 Å². The first-order valence-electron chi connectivity index (χ1n) is 4.99. The predicted octanol–water partition coefficient (Wildman–Crippen LogP) is 2.14. The molecule has 0 atom stereocenters. The summed E-state index contributed by atoms with van der Waals surface area (Å²) >= 11 is 5.82. The van der Waals surface area contributed by atoms with Gasteiger partial charge in [-0.15, -0.1) is 0 Å². The Bertz CT molecular complexity index is 400. The van der Waals surface area contributed by atoms with Gasteiger partial charge in [-0.1, -0.05) is 18.5 Å². The highest BCUT2D eigenvalue weighted by Crippen LogP contribution is 2.20. The van der Waals surface area contributed by atoms with E-state index in [1.54, 1.807) is 12.3 Å². The van der Waals surface area contributed by atoms with Crippen molar-refractivity contribution in [2.45, 2.75) is 13.8 Å². The number of aromatic nitrogens is 1. The zero-order valence-corrected chi connectivity index (χ0v) is 9.58. The Morgan fingerprint density at radius 2 is 2.27 bits per heavy atom. The average molecular weight is 225 g/mol. The van der Waals surface area contributed by atoms with Gasteiger partial charge in [0.1, 0.15) is 0 Å². The summed E-state index contributed by atoms with van der Waals surface area (Å²) in [5.74, 6) is 0.655. The number of likely N-dealkylation sites (tertiary alicyclic amines) is 1. The number of halogens is 1. The molecule has 0 spiro atoms. The molecule has 1 aromatic rings. The summed E-state index contributed by atoms with van der Waals surface area (Å²) in [4.78, 5) is 17.9. The van der Waals surface area contributed by atoms with E-state index in [2.05, 4.69) is 11.9 Å². The maximum absolute atomic E-state index is 12.0. The Morgan fingerprint density at radius 1 is 1.60 bits per heavy atom. The molecule has 1 aliphatic heterocycles. The maximum Gasteiger partial charge on any atom is 0.255 e. The molecule has 1 aromatic heterocycles. The van der Waals surface area contributed by atoms with Gasteiger partial charge in [-0.3, -0.25) is 9.78 Å². The maximum atomic E-state index is 12.0. The number of aryl methyl sites for hydroxylation is 1. The number of rotatable bonds is 1. The zero-order chi connectivity index (χ0) is 11.0. The summed E-state index contributed by atoms with van der Waals surface area (Å²) in [5.41, 5.74) is 1.36. The van der Waals surface area contributed by atoms with Crippen molar-refractivity contribution < 1.29 is 4.79 Å². The van der Waals surface area contributed by atoms with Gasteiger partial charge in [-0.2, -0.15) is 0 Å². The number of hydrogen-bond acceptors (Lipinski definition) is 2. The molecule has 1 aliphatic rings. The Morgan fingerprint density at radius 3 is 2.87 bits per heavy atom. The lowest BCUT2D eigenvalue weighted by molar-refractivity contribution is 0.0529. The van der Waals surface area contributed by atoms with E-state index < -0.39 is 0 Å². The number of carbonyl (C=O) groups excluding carboxylic acids is 1. The minimum Gasteiger partial charge on any atom is -0.338 e. The molecular formula is C11H13ClN2O. The van der Waals surface area contributed by atoms with Crippen LogP contribution in [0.4, 0.5) is 0 Å². The molecule has 1 amide bonds. The lowest BCUT2D eigenvalue weighted by Gasteiger charge is -2.37. The van der Waals surface area contributed by atoms with Gasteiger partial charge in [0.2, 0.25) is 0 Å². The van der Waals surface area contributed by atoms with Crippen molar-refractivity contribution in [2.24, 2.45) is 5.92 Å². The Balaban J connectivity index is 2.22. The molecule has 3 nitrogen and oxygen atoms in total. The minimum atomic E-state index is 0.0422. The molecule has 0 N–H and O–H groups in total. The molecule has 1 saturated heterocycles. The number of pyridine rings is 1. The van der Waals surface area contributed by atoms with Crippen LogP contribution in [0.3, 0.4) is 0 Å². The highest BCUT2D eigenvalue weighted by Gasteiger charge is 2.28. The minimum absolute atomic E-state index is 0.0422. The number of carbonyl (C=O) groups is 1. The third-order valence-corrected chi connectivity index (χ3v) is 2.84. The largest absolute Gasteiger partial charge is 0.338 e. The van der Waals surface area contributed by atoms with Crippen LogP contribution in [-0.2, 0) is 0 Å². The van der Waals surface area contributed by atoms with Gasteiger partial charge in [0.05, 0.1) is 16.3 Å². The van der Waals surface area contributed by atoms with Crippen LogP contribution < -0.4 is 0 Å². The van der Waals surface area contributed by atoms with Gasteiger partial charge in [-0.25, -0.2) is 0 Å². The molecule has 0 aliphatic carbocycles. The lowest BCUT2D eigenvalue weighted by atomic mass is 10.0. The van der Waals surface area contributed by atoms with Crippen molar-refractivity contribution in [2.75, 3.05) is 13.1 Å². The van der Waals surface area contributed by atoms with Crippen LogP contribution in [-0.4, -0.2) is 28.9 Å². The normalized spacial score (nSPS) is 16.3. The van der Waals surface area contributed by atoms with Crippen LogP contribution in [0.25, 0.3) is 0 Å². The van der Waals surface area contributed by atoms with E-state index in [1.165, 1.54) is 0 Å². The fraction of sp³-hybridized carbons (Fsp3) is 0.455. The zero-order valence-electron chi connectivity index (χ0n) is 8.83. The molecule has 4 heteroatoms. The molecule has 0 unspecified atom stereocenters. The molecule has 1 fully saturated rings. The molecule has 2 heterocycles. The second-order valence-electron chi connectivity index (χ2n) is 4.10. The van der Waals surface area contributed by atoms with Crippen LogP contribution >= 0.6 is 11.6 Å². The molecule has 2 rings (SSSR count). The smallest absolute Gasteiger partial charge is 0.255 e.